The van der Waals surface area contributed by atoms with Crippen LogP contribution in [0.2, 0.25) is 0 Å². The molecule has 1 saturated heterocycles. The van der Waals surface area contributed by atoms with Crippen molar-refractivity contribution in [3.63, 3.8) is 0 Å². The monoisotopic (exact) mass is 317 g/mol. The SMILES string of the molecule is O=C1NC(=O)[C@H](CC(=O)N2CCc3ccccc3C2C(=O)O)N1. The summed E-state index contributed by atoms with van der Waals surface area (Å²) >= 11 is 0. The van der Waals surface area contributed by atoms with Gasteiger partial charge in [-0.05, 0) is 17.5 Å². The molecule has 3 rings (SSSR count). The number of rotatable bonds is 3. The number of hydrogen-bond donors (Lipinski definition) is 3. The summed E-state index contributed by atoms with van der Waals surface area (Å²) in [5.74, 6) is -2.17. The molecule has 23 heavy (non-hydrogen) atoms. The van der Waals surface area contributed by atoms with Gasteiger partial charge < -0.3 is 15.3 Å². The van der Waals surface area contributed by atoms with Crippen LogP contribution >= 0.6 is 0 Å². The van der Waals surface area contributed by atoms with Gasteiger partial charge in [-0.25, -0.2) is 9.59 Å². The number of aliphatic carboxylic acids is 1. The van der Waals surface area contributed by atoms with Gasteiger partial charge in [0.25, 0.3) is 5.91 Å². The van der Waals surface area contributed by atoms with Crippen molar-refractivity contribution < 1.29 is 24.3 Å². The molecule has 3 N–H and O–H groups in total. The van der Waals surface area contributed by atoms with Gasteiger partial charge in [-0.1, -0.05) is 24.3 Å². The summed E-state index contributed by atoms with van der Waals surface area (Å²) in [5, 5.41) is 13.9. The molecule has 2 aliphatic rings. The lowest BCUT2D eigenvalue weighted by molar-refractivity contribution is -0.151. The van der Waals surface area contributed by atoms with E-state index in [0.29, 0.717) is 12.0 Å². The fourth-order valence-corrected chi connectivity index (χ4v) is 3.00. The normalized spacial score (nSPS) is 23.0. The highest BCUT2D eigenvalue weighted by Gasteiger charge is 2.38. The van der Waals surface area contributed by atoms with E-state index >= 15 is 0 Å². The Hall–Kier alpha value is -2.90. The Morgan fingerprint density at radius 3 is 2.65 bits per heavy atom. The summed E-state index contributed by atoms with van der Waals surface area (Å²) < 4.78 is 0. The van der Waals surface area contributed by atoms with Crippen molar-refractivity contribution in [2.45, 2.75) is 24.9 Å². The molecule has 1 unspecified atom stereocenters. The van der Waals surface area contributed by atoms with E-state index in [1.807, 2.05) is 17.4 Å². The summed E-state index contributed by atoms with van der Waals surface area (Å²) in [6, 6.07) is 4.41. The highest BCUT2D eigenvalue weighted by atomic mass is 16.4. The molecule has 0 bridgehead atoms. The van der Waals surface area contributed by atoms with E-state index in [1.54, 1.807) is 12.1 Å². The zero-order valence-electron chi connectivity index (χ0n) is 12.1. The highest BCUT2D eigenvalue weighted by Crippen LogP contribution is 2.30. The molecule has 120 valence electrons. The fraction of sp³-hybridized carbons (Fsp3) is 0.333. The summed E-state index contributed by atoms with van der Waals surface area (Å²) in [4.78, 5) is 48.0. The quantitative estimate of drug-likeness (QED) is 0.667. The third kappa shape index (κ3) is 2.75. The molecule has 2 aliphatic heterocycles. The maximum atomic E-state index is 12.5. The van der Waals surface area contributed by atoms with E-state index in [1.165, 1.54) is 4.90 Å². The second-order valence-electron chi connectivity index (χ2n) is 5.50. The molecule has 2 heterocycles. The Kier molecular flexibility index (Phi) is 3.73. The first kappa shape index (κ1) is 15.0. The maximum Gasteiger partial charge on any atom is 0.331 e. The van der Waals surface area contributed by atoms with Crippen molar-refractivity contribution in [3.05, 3.63) is 35.4 Å². The minimum absolute atomic E-state index is 0.259. The van der Waals surface area contributed by atoms with Gasteiger partial charge in [0, 0.05) is 6.54 Å². The van der Waals surface area contributed by atoms with E-state index in [-0.39, 0.29) is 13.0 Å². The number of benzene rings is 1. The topological polar surface area (TPSA) is 116 Å². The third-order valence-electron chi connectivity index (χ3n) is 4.07. The lowest BCUT2D eigenvalue weighted by atomic mass is 9.92. The number of hydrogen-bond acceptors (Lipinski definition) is 4. The Labute approximate surface area is 131 Å². The van der Waals surface area contributed by atoms with Crippen LogP contribution in [0, 0.1) is 0 Å². The fourth-order valence-electron chi connectivity index (χ4n) is 3.00. The van der Waals surface area contributed by atoms with Gasteiger partial charge in [0.05, 0.1) is 6.42 Å². The maximum absolute atomic E-state index is 12.5. The van der Waals surface area contributed by atoms with E-state index < -0.39 is 35.9 Å². The summed E-state index contributed by atoms with van der Waals surface area (Å²) in [5.41, 5.74) is 1.48. The van der Waals surface area contributed by atoms with E-state index in [2.05, 4.69) is 5.32 Å². The van der Waals surface area contributed by atoms with E-state index in [0.717, 1.165) is 5.56 Å². The molecule has 0 spiro atoms. The Morgan fingerprint density at radius 2 is 2.00 bits per heavy atom. The molecule has 1 aromatic rings. The summed E-state index contributed by atoms with van der Waals surface area (Å²) in [6.07, 6.45) is 0.290. The standard InChI is InChI=1S/C15H15N3O5/c19-11(7-10-13(20)17-15(23)16-10)18-6-5-8-3-1-2-4-9(8)12(18)14(21)22/h1-4,10,12H,5-7H2,(H,21,22)(H2,16,17,20,23)/t10-,12?/m0/s1. The molecule has 8 nitrogen and oxygen atoms in total. The van der Waals surface area contributed by atoms with Gasteiger partial charge in [0.2, 0.25) is 5.91 Å². The molecule has 2 atom stereocenters. The van der Waals surface area contributed by atoms with Crippen LogP contribution in [-0.4, -0.2) is 46.4 Å². The van der Waals surface area contributed by atoms with Crippen LogP contribution in [0.4, 0.5) is 4.79 Å². The minimum atomic E-state index is -1.12. The number of amides is 4. The number of fused-ring (bicyclic) bond motifs is 1. The molecule has 0 aliphatic carbocycles. The van der Waals surface area contributed by atoms with Gasteiger partial charge >= 0.3 is 12.0 Å². The second kappa shape index (κ2) is 5.71. The van der Waals surface area contributed by atoms with Crippen molar-refractivity contribution in [3.8, 4) is 0 Å². The van der Waals surface area contributed by atoms with Gasteiger partial charge in [-0.15, -0.1) is 0 Å². The number of carboxylic acid groups (broad SMARTS) is 1. The predicted molar refractivity (Wildman–Crippen MR) is 77.3 cm³/mol. The number of nitrogens with one attached hydrogen (secondary N) is 2. The minimum Gasteiger partial charge on any atom is -0.479 e. The molecular formula is C15H15N3O5. The average Bonchev–Trinajstić information content (AvgIpc) is 2.83. The van der Waals surface area contributed by atoms with Crippen molar-refractivity contribution in [2.24, 2.45) is 0 Å². The summed E-state index contributed by atoms with van der Waals surface area (Å²) in [6.45, 7) is 0.259. The van der Waals surface area contributed by atoms with Crippen LogP contribution in [0.3, 0.4) is 0 Å². The number of nitrogens with zero attached hydrogens (tertiary/aromatic N) is 1. The van der Waals surface area contributed by atoms with Crippen LogP contribution in [-0.2, 0) is 20.8 Å². The average molecular weight is 317 g/mol. The number of carbonyl (C=O) groups excluding carboxylic acids is 3. The van der Waals surface area contributed by atoms with Crippen molar-refractivity contribution in [1.82, 2.24) is 15.5 Å². The Bertz CT molecular complexity index is 702. The first-order chi connectivity index (χ1) is 11.0. The molecule has 1 fully saturated rings. The zero-order valence-corrected chi connectivity index (χ0v) is 12.1. The smallest absolute Gasteiger partial charge is 0.331 e. The zero-order chi connectivity index (χ0) is 16.6. The molecule has 0 radical (unpaired) electrons. The first-order valence-electron chi connectivity index (χ1n) is 7.19. The lowest BCUT2D eigenvalue weighted by Gasteiger charge is -2.35. The number of carbonyl (C=O) groups is 4. The molecule has 0 saturated carbocycles. The van der Waals surface area contributed by atoms with Crippen LogP contribution in [0.1, 0.15) is 23.6 Å². The predicted octanol–water partition coefficient (Wildman–Crippen LogP) is -0.205. The van der Waals surface area contributed by atoms with Crippen LogP contribution < -0.4 is 10.6 Å². The van der Waals surface area contributed by atoms with Gasteiger partial charge in [0.15, 0.2) is 6.04 Å². The number of carboxylic acids is 1. The van der Waals surface area contributed by atoms with Crippen molar-refractivity contribution >= 4 is 23.8 Å². The van der Waals surface area contributed by atoms with Crippen molar-refractivity contribution in [1.29, 1.82) is 0 Å². The Balaban J connectivity index is 1.81. The lowest BCUT2D eigenvalue weighted by Crippen LogP contribution is -2.46. The van der Waals surface area contributed by atoms with E-state index in [4.69, 9.17) is 0 Å². The molecule has 8 heteroatoms. The van der Waals surface area contributed by atoms with E-state index in [9.17, 15) is 24.3 Å². The van der Waals surface area contributed by atoms with Crippen LogP contribution in [0.15, 0.2) is 24.3 Å². The number of urea groups is 1. The largest absolute Gasteiger partial charge is 0.479 e. The molecule has 0 aromatic heterocycles. The van der Waals surface area contributed by atoms with Gasteiger partial charge in [0.1, 0.15) is 6.04 Å². The molecule has 4 amide bonds. The number of imide groups is 1. The summed E-state index contributed by atoms with van der Waals surface area (Å²) in [7, 11) is 0. The van der Waals surface area contributed by atoms with Crippen LogP contribution in [0.25, 0.3) is 0 Å². The van der Waals surface area contributed by atoms with Crippen molar-refractivity contribution in [2.75, 3.05) is 6.54 Å². The van der Waals surface area contributed by atoms with Crippen LogP contribution in [0.5, 0.6) is 0 Å². The van der Waals surface area contributed by atoms with Gasteiger partial charge in [-0.2, -0.15) is 0 Å². The second-order valence-corrected chi connectivity index (χ2v) is 5.50. The highest BCUT2D eigenvalue weighted by molar-refractivity contribution is 6.05. The third-order valence-corrected chi connectivity index (χ3v) is 4.07. The first-order valence-corrected chi connectivity index (χ1v) is 7.19. The molecule has 1 aromatic carbocycles. The molecular weight excluding hydrogens is 302 g/mol. The Morgan fingerprint density at radius 1 is 1.26 bits per heavy atom. The van der Waals surface area contributed by atoms with Gasteiger partial charge in [-0.3, -0.25) is 14.9 Å².